The number of aryl methyl sites for hydroxylation is 1. The molecule has 0 atom stereocenters. The molecule has 0 spiro atoms. The number of benzene rings is 1. The van der Waals surface area contributed by atoms with Crippen molar-refractivity contribution in [3.8, 4) is 0 Å². The second kappa shape index (κ2) is 6.14. The summed E-state index contributed by atoms with van der Waals surface area (Å²) < 4.78 is 0. The lowest BCUT2D eigenvalue weighted by Gasteiger charge is -2.06. The van der Waals surface area contributed by atoms with Gasteiger partial charge < -0.3 is 10.4 Å². The fourth-order valence-corrected chi connectivity index (χ4v) is 1.97. The predicted molar refractivity (Wildman–Crippen MR) is 75.4 cm³/mol. The highest BCUT2D eigenvalue weighted by Gasteiger charge is 2.07. The topological polar surface area (TPSA) is 79.3 Å². The lowest BCUT2D eigenvalue weighted by atomic mass is 10.1. The van der Waals surface area contributed by atoms with Gasteiger partial charge in [-0.15, -0.1) is 0 Å². The molecule has 1 amide bonds. The minimum absolute atomic E-state index is 0.0734. The number of carbonyl (C=O) groups excluding carboxylic acids is 1. The van der Waals surface area contributed by atoms with Crippen LogP contribution in [-0.4, -0.2) is 28.5 Å². The van der Waals surface area contributed by atoms with Crippen LogP contribution < -0.4 is 5.32 Å². The van der Waals surface area contributed by atoms with Crippen molar-refractivity contribution < 1.29 is 14.7 Å². The molecule has 5 heteroatoms. The van der Waals surface area contributed by atoms with E-state index in [4.69, 9.17) is 5.11 Å². The van der Waals surface area contributed by atoms with Crippen LogP contribution in [0.5, 0.6) is 0 Å². The Kier molecular flexibility index (Phi) is 4.30. The predicted octanol–water partition coefficient (Wildman–Crippen LogP) is 1.68. The average molecular weight is 272 g/mol. The standard InChI is InChI=1S/C15H16N2O3/c1-10-3-2-4-11-5-6-12(17-15(10)11)9-13(18)16-8-7-14(19)20/h2-6H,7-9H2,1H3,(H,16,18)(H,19,20). The minimum Gasteiger partial charge on any atom is -0.481 e. The number of aromatic nitrogens is 1. The van der Waals surface area contributed by atoms with Crippen molar-refractivity contribution in [1.82, 2.24) is 10.3 Å². The van der Waals surface area contributed by atoms with Crippen molar-refractivity contribution in [2.75, 3.05) is 6.54 Å². The van der Waals surface area contributed by atoms with E-state index >= 15 is 0 Å². The van der Waals surface area contributed by atoms with Gasteiger partial charge in [-0.3, -0.25) is 14.6 Å². The average Bonchev–Trinajstić information content (AvgIpc) is 2.39. The molecule has 20 heavy (non-hydrogen) atoms. The Balaban J connectivity index is 2.04. The molecule has 0 radical (unpaired) electrons. The second-order valence-electron chi connectivity index (χ2n) is 4.62. The molecule has 0 aliphatic rings. The number of amides is 1. The SMILES string of the molecule is Cc1cccc2ccc(CC(=O)NCCC(=O)O)nc12. The summed E-state index contributed by atoms with van der Waals surface area (Å²) in [6.07, 6.45) is 0.0832. The van der Waals surface area contributed by atoms with Crippen LogP contribution in [0.4, 0.5) is 0 Å². The maximum absolute atomic E-state index is 11.7. The molecular formula is C15H16N2O3. The van der Waals surface area contributed by atoms with E-state index in [1.54, 1.807) is 0 Å². The number of hydrogen-bond donors (Lipinski definition) is 2. The summed E-state index contributed by atoms with van der Waals surface area (Å²) in [6.45, 7) is 2.12. The van der Waals surface area contributed by atoms with Crippen molar-refractivity contribution in [3.63, 3.8) is 0 Å². The molecule has 0 saturated carbocycles. The fraction of sp³-hybridized carbons (Fsp3) is 0.267. The van der Waals surface area contributed by atoms with Crippen molar-refractivity contribution in [3.05, 3.63) is 41.6 Å². The van der Waals surface area contributed by atoms with Gasteiger partial charge in [-0.2, -0.15) is 0 Å². The monoisotopic (exact) mass is 272 g/mol. The third kappa shape index (κ3) is 3.54. The quantitative estimate of drug-likeness (QED) is 0.868. The molecule has 0 fully saturated rings. The first-order valence-electron chi connectivity index (χ1n) is 6.40. The number of aliphatic carboxylic acids is 1. The van der Waals surface area contributed by atoms with Crippen LogP contribution in [-0.2, 0) is 16.0 Å². The van der Waals surface area contributed by atoms with Crippen molar-refractivity contribution in [2.45, 2.75) is 19.8 Å². The van der Waals surface area contributed by atoms with Crippen molar-refractivity contribution in [1.29, 1.82) is 0 Å². The zero-order chi connectivity index (χ0) is 14.5. The van der Waals surface area contributed by atoms with E-state index < -0.39 is 5.97 Å². The van der Waals surface area contributed by atoms with Gasteiger partial charge in [-0.05, 0) is 18.6 Å². The van der Waals surface area contributed by atoms with Crippen LogP contribution in [0.3, 0.4) is 0 Å². The Morgan fingerprint density at radius 1 is 1.25 bits per heavy atom. The molecule has 0 bridgehead atoms. The molecule has 2 rings (SSSR count). The Bertz CT molecular complexity index is 653. The highest BCUT2D eigenvalue weighted by molar-refractivity contribution is 5.83. The summed E-state index contributed by atoms with van der Waals surface area (Å²) >= 11 is 0. The van der Waals surface area contributed by atoms with Gasteiger partial charge in [-0.25, -0.2) is 0 Å². The molecular weight excluding hydrogens is 256 g/mol. The number of carbonyl (C=O) groups is 2. The first-order chi connectivity index (χ1) is 9.56. The van der Waals surface area contributed by atoms with Gasteiger partial charge >= 0.3 is 5.97 Å². The molecule has 0 saturated heterocycles. The summed E-state index contributed by atoms with van der Waals surface area (Å²) in [5, 5.41) is 12.1. The van der Waals surface area contributed by atoms with E-state index in [1.807, 2.05) is 37.3 Å². The molecule has 0 aliphatic heterocycles. The Morgan fingerprint density at radius 2 is 2.05 bits per heavy atom. The van der Waals surface area contributed by atoms with Crippen molar-refractivity contribution in [2.24, 2.45) is 0 Å². The summed E-state index contributed by atoms with van der Waals surface area (Å²) in [5.41, 5.74) is 2.64. The van der Waals surface area contributed by atoms with Crippen LogP contribution >= 0.6 is 0 Å². The molecule has 1 heterocycles. The summed E-state index contributed by atoms with van der Waals surface area (Å²) in [7, 11) is 0. The van der Waals surface area contributed by atoms with Gasteiger partial charge in [0.2, 0.25) is 5.91 Å². The lowest BCUT2D eigenvalue weighted by molar-refractivity contribution is -0.136. The van der Waals surface area contributed by atoms with Gasteiger partial charge in [0, 0.05) is 11.9 Å². The van der Waals surface area contributed by atoms with Crippen LogP contribution in [0.15, 0.2) is 30.3 Å². The molecule has 2 N–H and O–H groups in total. The Hall–Kier alpha value is -2.43. The van der Waals surface area contributed by atoms with E-state index in [0.29, 0.717) is 5.69 Å². The van der Waals surface area contributed by atoms with E-state index in [1.165, 1.54) is 0 Å². The molecule has 0 aliphatic carbocycles. The second-order valence-corrected chi connectivity index (χ2v) is 4.62. The van der Waals surface area contributed by atoms with Crippen LogP contribution in [0.2, 0.25) is 0 Å². The number of rotatable bonds is 5. The summed E-state index contributed by atoms with van der Waals surface area (Å²) in [6, 6.07) is 9.68. The van der Waals surface area contributed by atoms with Crippen molar-refractivity contribution >= 4 is 22.8 Å². The number of carboxylic acids is 1. The Morgan fingerprint density at radius 3 is 2.80 bits per heavy atom. The fourth-order valence-electron chi connectivity index (χ4n) is 1.97. The molecule has 104 valence electrons. The van der Waals surface area contributed by atoms with Gasteiger partial charge in [0.1, 0.15) is 0 Å². The van der Waals surface area contributed by atoms with E-state index in [2.05, 4.69) is 10.3 Å². The number of carboxylic acid groups (broad SMARTS) is 1. The zero-order valence-corrected chi connectivity index (χ0v) is 11.2. The number of pyridine rings is 1. The number of nitrogens with zero attached hydrogens (tertiary/aromatic N) is 1. The third-order valence-corrected chi connectivity index (χ3v) is 2.98. The zero-order valence-electron chi connectivity index (χ0n) is 11.2. The first kappa shape index (κ1) is 14.0. The summed E-state index contributed by atoms with van der Waals surface area (Å²) in [5.74, 6) is -1.14. The molecule has 5 nitrogen and oxygen atoms in total. The Labute approximate surface area is 116 Å². The van der Waals surface area contributed by atoms with Crippen LogP contribution in [0.25, 0.3) is 10.9 Å². The maximum Gasteiger partial charge on any atom is 0.305 e. The number of para-hydroxylation sites is 1. The molecule has 1 aromatic carbocycles. The van der Waals surface area contributed by atoms with Gasteiger partial charge in [-0.1, -0.05) is 24.3 Å². The normalized spacial score (nSPS) is 10.4. The van der Waals surface area contributed by atoms with E-state index in [9.17, 15) is 9.59 Å². The number of fused-ring (bicyclic) bond motifs is 1. The smallest absolute Gasteiger partial charge is 0.305 e. The van der Waals surface area contributed by atoms with E-state index in [-0.39, 0.29) is 25.3 Å². The number of nitrogens with one attached hydrogen (secondary N) is 1. The third-order valence-electron chi connectivity index (χ3n) is 2.98. The maximum atomic E-state index is 11.7. The summed E-state index contributed by atoms with van der Waals surface area (Å²) in [4.78, 5) is 26.5. The molecule has 1 aromatic heterocycles. The van der Waals surface area contributed by atoms with E-state index in [0.717, 1.165) is 16.5 Å². The highest BCUT2D eigenvalue weighted by atomic mass is 16.4. The first-order valence-corrected chi connectivity index (χ1v) is 6.40. The largest absolute Gasteiger partial charge is 0.481 e. The molecule has 2 aromatic rings. The van der Waals surface area contributed by atoms with Gasteiger partial charge in [0.05, 0.1) is 24.1 Å². The number of hydrogen-bond acceptors (Lipinski definition) is 3. The minimum atomic E-state index is -0.926. The molecule has 0 unspecified atom stereocenters. The van der Waals surface area contributed by atoms with Gasteiger partial charge in [0.25, 0.3) is 0 Å². The lowest BCUT2D eigenvalue weighted by Crippen LogP contribution is -2.27. The highest BCUT2D eigenvalue weighted by Crippen LogP contribution is 2.16. The van der Waals surface area contributed by atoms with Crippen LogP contribution in [0, 0.1) is 6.92 Å². The van der Waals surface area contributed by atoms with Gasteiger partial charge in [0.15, 0.2) is 0 Å². The van der Waals surface area contributed by atoms with Crippen LogP contribution in [0.1, 0.15) is 17.7 Å².